The number of rotatable bonds is 8. The van der Waals surface area contributed by atoms with Gasteiger partial charge in [-0.05, 0) is 33.6 Å². The quantitative estimate of drug-likeness (QED) is 0.194. The standard InChI is InChI=1S/C22H37N5O4.HI/c1-22(2,3)31-21(28)25-10-7-9-24-20(23-4)26-16-8-11-27(15-16)17-12-18(29-5)14-19(13-17)30-6;/h12-14,16H,7-11,15H2,1-6H3,(H,25,28)(H2,23,24,26);1H. The number of anilines is 1. The molecule has 1 unspecified atom stereocenters. The van der Waals surface area contributed by atoms with Crippen LogP contribution in [0.4, 0.5) is 10.5 Å². The van der Waals surface area contributed by atoms with Crippen molar-refractivity contribution in [1.29, 1.82) is 0 Å². The van der Waals surface area contributed by atoms with Gasteiger partial charge in [0.2, 0.25) is 0 Å². The lowest BCUT2D eigenvalue weighted by atomic mass is 10.2. The Balaban J connectivity index is 0.00000512. The van der Waals surface area contributed by atoms with Crippen LogP contribution in [0.3, 0.4) is 0 Å². The Bertz CT molecular complexity index is 732. The van der Waals surface area contributed by atoms with Crippen molar-refractivity contribution in [2.24, 2.45) is 4.99 Å². The molecule has 182 valence electrons. The Morgan fingerprint density at radius 2 is 1.75 bits per heavy atom. The maximum atomic E-state index is 11.7. The number of methoxy groups -OCH3 is 2. The van der Waals surface area contributed by atoms with Gasteiger partial charge in [0.15, 0.2) is 5.96 Å². The van der Waals surface area contributed by atoms with E-state index in [2.05, 4.69) is 25.8 Å². The van der Waals surface area contributed by atoms with Crippen molar-refractivity contribution in [3.05, 3.63) is 18.2 Å². The third-order valence-electron chi connectivity index (χ3n) is 4.77. The summed E-state index contributed by atoms with van der Waals surface area (Å²) >= 11 is 0. The first-order valence-corrected chi connectivity index (χ1v) is 10.7. The summed E-state index contributed by atoms with van der Waals surface area (Å²) in [6, 6.07) is 6.20. The molecule has 9 nitrogen and oxygen atoms in total. The molecule has 1 atom stereocenters. The topological polar surface area (TPSA) is 96.5 Å². The molecule has 0 aromatic heterocycles. The van der Waals surface area contributed by atoms with E-state index in [1.165, 1.54) is 0 Å². The minimum atomic E-state index is -0.487. The minimum Gasteiger partial charge on any atom is -0.497 e. The van der Waals surface area contributed by atoms with Gasteiger partial charge in [-0.3, -0.25) is 4.99 Å². The van der Waals surface area contributed by atoms with Crippen LogP contribution >= 0.6 is 24.0 Å². The number of guanidine groups is 1. The van der Waals surface area contributed by atoms with Crippen LogP contribution in [0.1, 0.15) is 33.6 Å². The van der Waals surface area contributed by atoms with Gasteiger partial charge in [-0.1, -0.05) is 0 Å². The number of alkyl carbamates (subject to hydrolysis) is 1. The van der Waals surface area contributed by atoms with E-state index in [4.69, 9.17) is 14.2 Å². The number of halogens is 1. The third kappa shape index (κ3) is 9.58. The predicted molar refractivity (Wildman–Crippen MR) is 139 cm³/mol. The molecule has 1 heterocycles. The Kier molecular flexibility index (Phi) is 11.7. The van der Waals surface area contributed by atoms with E-state index in [-0.39, 0.29) is 30.0 Å². The number of carbonyl (C=O) groups is 1. The van der Waals surface area contributed by atoms with E-state index < -0.39 is 11.7 Å². The molecular formula is C22H38IN5O4. The monoisotopic (exact) mass is 563 g/mol. The SMILES string of the molecule is CN=C(NCCCNC(=O)OC(C)(C)C)NC1CCN(c2cc(OC)cc(OC)c2)C1.I. The number of benzene rings is 1. The second-order valence-electron chi connectivity index (χ2n) is 8.43. The van der Waals surface area contributed by atoms with E-state index in [9.17, 15) is 4.79 Å². The second-order valence-corrected chi connectivity index (χ2v) is 8.43. The molecule has 10 heteroatoms. The van der Waals surface area contributed by atoms with E-state index in [1.807, 2.05) is 39.0 Å². The fourth-order valence-electron chi connectivity index (χ4n) is 3.28. The first-order valence-electron chi connectivity index (χ1n) is 10.7. The molecule has 1 aliphatic heterocycles. The van der Waals surface area contributed by atoms with Crippen LogP contribution in [-0.2, 0) is 4.74 Å². The van der Waals surface area contributed by atoms with Crippen LogP contribution in [0, 0.1) is 0 Å². The predicted octanol–water partition coefficient (Wildman–Crippen LogP) is 2.98. The zero-order valence-corrected chi connectivity index (χ0v) is 22.3. The summed E-state index contributed by atoms with van der Waals surface area (Å²) in [6.07, 6.45) is 1.37. The Morgan fingerprint density at radius 1 is 1.12 bits per heavy atom. The second kappa shape index (κ2) is 13.4. The maximum Gasteiger partial charge on any atom is 0.407 e. The van der Waals surface area contributed by atoms with Crippen molar-refractivity contribution in [2.75, 3.05) is 52.3 Å². The average molecular weight is 563 g/mol. The highest BCUT2D eigenvalue weighted by atomic mass is 127. The molecule has 1 fully saturated rings. The summed E-state index contributed by atoms with van der Waals surface area (Å²) in [5.74, 6) is 2.32. The van der Waals surface area contributed by atoms with E-state index in [0.717, 1.165) is 49.1 Å². The zero-order chi connectivity index (χ0) is 22.9. The summed E-state index contributed by atoms with van der Waals surface area (Å²) in [5.41, 5.74) is 0.594. The Hall–Kier alpha value is -2.11. The molecular weight excluding hydrogens is 525 g/mol. The first kappa shape index (κ1) is 27.9. The molecule has 1 saturated heterocycles. The zero-order valence-electron chi connectivity index (χ0n) is 20.0. The van der Waals surface area contributed by atoms with Crippen LogP contribution < -0.4 is 30.3 Å². The van der Waals surface area contributed by atoms with Gasteiger partial charge in [0, 0.05) is 63.2 Å². The van der Waals surface area contributed by atoms with Crippen molar-refractivity contribution >= 4 is 41.7 Å². The first-order chi connectivity index (χ1) is 14.7. The minimum absolute atomic E-state index is 0. The molecule has 0 bridgehead atoms. The highest BCUT2D eigenvalue weighted by Gasteiger charge is 2.24. The number of carbonyl (C=O) groups excluding carboxylic acids is 1. The van der Waals surface area contributed by atoms with Crippen molar-refractivity contribution in [2.45, 2.75) is 45.3 Å². The Labute approximate surface area is 208 Å². The molecule has 0 radical (unpaired) electrons. The fourth-order valence-corrected chi connectivity index (χ4v) is 3.28. The van der Waals surface area contributed by atoms with Crippen LogP contribution in [0.15, 0.2) is 23.2 Å². The summed E-state index contributed by atoms with van der Waals surface area (Å²) in [5, 5.41) is 9.53. The summed E-state index contributed by atoms with van der Waals surface area (Å²) in [6.45, 7) is 8.56. The number of hydrogen-bond acceptors (Lipinski definition) is 6. The van der Waals surface area contributed by atoms with Gasteiger partial charge < -0.3 is 35.1 Å². The summed E-state index contributed by atoms with van der Waals surface area (Å²) in [7, 11) is 5.07. The van der Waals surface area contributed by atoms with Gasteiger partial charge in [0.25, 0.3) is 0 Å². The van der Waals surface area contributed by atoms with Gasteiger partial charge >= 0.3 is 6.09 Å². The van der Waals surface area contributed by atoms with Crippen LogP contribution in [0.2, 0.25) is 0 Å². The molecule has 32 heavy (non-hydrogen) atoms. The third-order valence-corrected chi connectivity index (χ3v) is 4.77. The van der Waals surface area contributed by atoms with Gasteiger partial charge in [0.1, 0.15) is 17.1 Å². The molecule has 1 aliphatic rings. The molecule has 0 aliphatic carbocycles. The van der Waals surface area contributed by atoms with Gasteiger partial charge in [-0.2, -0.15) is 0 Å². The fraction of sp³-hybridized carbons (Fsp3) is 0.636. The number of amides is 1. The van der Waals surface area contributed by atoms with Gasteiger partial charge in [-0.15, -0.1) is 24.0 Å². The molecule has 0 spiro atoms. The normalized spacial score (nSPS) is 16.1. The van der Waals surface area contributed by atoms with Crippen molar-refractivity contribution in [3.8, 4) is 11.5 Å². The number of aliphatic imine (C=N–C) groups is 1. The average Bonchev–Trinajstić information content (AvgIpc) is 3.19. The molecule has 0 saturated carbocycles. The van der Waals surface area contributed by atoms with Crippen molar-refractivity contribution in [1.82, 2.24) is 16.0 Å². The van der Waals surface area contributed by atoms with Crippen molar-refractivity contribution in [3.63, 3.8) is 0 Å². The number of nitrogens with zero attached hydrogens (tertiary/aromatic N) is 2. The highest BCUT2D eigenvalue weighted by Crippen LogP contribution is 2.30. The van der Waals surface area contributed by atoms with E-state index in [0.29, 0.717) is 13.1 Å². The van der Waals surface area contributed by atoms with E-state index >= 15 is 0 Å². The number of ether oxygens (including phenoxy) is 3. The lowest BCUT2D eigenvalue weighted by Crippen LogP contribution is -2.45. The lowest BCUT2D eigenvalue weighted by molar-refractivity contribution is 0.0527. The van der Waals surface area contributed by atoms with Crippen LogP contribution in [0.25, 0.3) is 0 Å². The largest absolute Gasteiger partial charge is 0.497 e. The molecule has 1 aromatic rings. The van der Waals surface area contributed by atoms with Crippen LogP contribution in [0.5, 0.6) is 11.5 Å². The molecule has 1 aromatic carbocycles. The maximum absolute atomic E-state index is 11.7. The smallest absolute Gasteiger partial charge is 0.407 e. The number of nitrogens with one attached hydrogen (secondary N) is 3. The number of hydrogen-bond donors (Lipinski definition) is 3. The highest BCUT2D eigenvalue weighted by molar-refractivity contribution is 14.0. The lowest BCUT2D eigenvalue weighted by Gasteiger charge is -2.21. The van der Waals surface area contributed by atoms with Gasteiger partial charge in [-0.25, -0.2) is 4.79 Å². The molecule has 1 amide bonds. The van der Waals surface area contributed by atoms with Gasteiger partial charge in [0.05, 0.1) is 14.2 Å². The Morgan fingerprint density at radius 3 is 2.31 bits per heavy atom. The summed E-state index contributed by atoms with van der Waals surface area (Å²) in [4.78, 5) is 18.3. The molecule has 3 N–H and O–H groups in total. The molecule has 2 rings (SSSR count). The van der Waals surface area contributed by atoms with E-state index in [1.54, 1.807) is 21.3 Å². The summed E-state index contributed by atoms with van der Waals surface area (Å²) < 4.78 is 16.0. The van der Waals surface area contributed by atoms with Crippen LogP contribution in [-0.4, -0.2) is 71.1 Å². The van der Waals surface area contributed by atoms with Crippen molar-refractivity contribution < 1.29 is 19.0 Å².